The van der Waals surface area contributed by atoms with Crippen LogP contribution in [0, 0.1) is 6.92 Å². The van der Waals surface area contributed by atoms with Crippen LogP contribution in [-0.2, 0) is 19.1 Å². The predicted molar refractivity (Wildman–Crippen MR) is 97.5 cm³/mol. The summed E-state index contributed by atoms with van der Waals surface area (Å²) in [5.41, 5.74) is -0.143. The SMILES string of the molecule is CCC1(CC)OC(=O)N(C(C(C)=O)C(=O)Nc2cc(C)ccc2OC)C1=O. The number of nitrogens with one attached hydrogen (secondary N) is 1. The lowest BCUT2D eigenvalue weighted by molar-refractivity contribution is -0.144. The highest BCUT2D eigenvalue weighted by atomic mass is 16.6. The Morgan fingerprint density at radius 1 is 1.26 bits per heavy atom. The summed E-state index contributed by atoms with van der Waals surface area (Å²) in [5, 5.41) is 2.58. The molecular weight excluding hydrogens is 352 g/mol. The number of cyclic esters (lactones) is 1. The molecular formula is C19H24N2O6. The molecule has 1 N–H and O–H groups in total. The first-order valence-electron chi connectivity index (χ1n) is 8.73. The second-order valence-electron chi connectivity index (χ2n) is 6.45. The van der Waals surface area contributed by atoms with Gasteiger partial charge in [-0.05, 0) is 44.4 Å². The van der Waals surface area contributed by atoms with E-state index in [4.69, 9.17) is 9.47 Å². The largest absolute Gasteiger partial charge is 0.495 e. The van der Waals surface area contributed by atoms with Gasteiger partial charge < -0.3 is 14.8 Å². The van der Waals surface area contributed by atoms with Crippen LogP contribution in [0.3, 0.4) is 0 Å². The van der Waals surface area contributed by atoms with Crippen molar-refractivity contribution >= 4 is 29.4 Å². The van der Waals surface area contributed by atoms with Gasteiger partial charge in [0.1, 0.15) is 5.75 Å². The number of benzene rings is 1. The molecule has 1 aliphatic heterocycles. The third-order valence-electron chi connectivity index (χ3n) is 4.73. The standard InChI is InChI=1S/C19H24N2O6/c1-6-19(7-2)17(24)21(18(25)27-19)15(12(4)22)16(23)20-13-10-11(3)8-9-14(13)26-5/h8-10,15H,6-7H2,1-5H3,(H,20,23). The van der Waals surface area contributed by atoms with Gasteiger partial charge >= 0.3 is 6.09 Å². The van der Waals surface area contributed by atoms with Gasteiger partial charge in [0, 0.05) is 0 Å². The van der Waals surface area contributed by atoms with Crippen LogP contribution < -0.4 is 10.1 Å². The number of hydrogen-bond acceptors (Lipinski definition) is 6. The van der Waals surface area contributed by atoms with Crippen molar-refractivity contribution < 1.29 is 28.7 Å². The number of methoxy groups -OCH3 is 1. The highest BCUT2D eigenvalue weighted by molar-refractivity contribution is 6.17. The molecule has 0 spiro atoms. The lowest BCUT2D eigenvalue weighted by atomic mass is 9.95. The number of ether oxygens (including phenoxy) is 2. The van der Waals surface area contributed by atoms with E-state index >= 15 is 0 Å². The van der Waals surface area contributed by atoms with Crippen molar-refractivity contribution in [3.8, 4) is 5.75 Å². The Balaban J connectivity index is 2.37. The molecule has 0 saturated carbocycles. The Bertz CT molecular complexity index is 784. The number of hydrogen-bond donors (Lipinski definition) is 1. The van der Waals surface area contributed by atoms with Crippen molar-refractivity contribution in [3.05, 3.63) is 23.8 Å². The maximum atomic E-state index is 12.8. The molecule has 0 aliphatic carbocycles. The molecule has 1 atom stereocenters. The zero-order chi connectivity index (χ0) is 20.4. The van der Waals surface area contributed by atoms with Gasteiger partial charge in [0.05, 0.1) is 12.8 Å². The molecule has 1 saturated heterocycles. The number of nitrogens with zero attached hydrogens (tertiary/aromatic N) is 1. The number of amides is 3. The molecule has 1 unspecified atom stereocenters. The van der Waals surface area contributed by atoms with Crippen molar-refractivity contribution in [2.45, 2.75) is 52.2 Å². The summed E-state index contributed by atoms with van der Waals surface area (Å²) in [6.45, 7) is 6.39. The average molecular weight is 376 g/mol. The normalized spacial score (nSPS) is 16.7. The van der Waals surface area contributed by atoms with E-state index in [2.05, 4.69) is 5.32 Å². The van der Waals surface area contributed by atoms with E-state index in [0.717, 1.165) is 12.5 Å². The van der Waals surface area contributed by atoms with Gasteiger partial charge in [0.2, 0.25) is 0 Å². The fourth-order valence-electron chi connectivity index (χ4n) is 3.09. The third kappa shape index (κ3) is 3.65. The molecule has 0 bridgehead atoms. The van der Waals surface area contributed by atoms with Gasteiger partial charge in [0.15, 0.2) is 17.4 Å². The quantitative estimate of drug-likeness (QED) is 0.734. The first-order chi connectivity index (χ1) is 12.7. The lowest BCUT2D eigenvalue weighted by Gasteiger charge is -2.24. The van der Waals surface area contributed by atoms with Crippen LogP contribution in [0.1, 0.15) is 39.2 Å². The van der Waals surface area contributed by atoms with Gasteiger partial charge in [0.25, 0.3) is 11.8 Å². The van der Waals surface area contributed by atoms with Gasteiger partial charge in [-0.2, -0.15) is 0 Å². The van der Waals surface area contributed by atoms with Crippen molar-refractivity contribution in [1.82, 2.24) is 4.90 Å². The fourth-order valence-corrected chi connectivity index (χ4v) is 3.09. The summed E-state index contributed by atoms with van der Waals surface area (Å²) in [5.74, 6) is -1.74. The van der Waals surface area contributed by atoms with Crippen LogP contribution in [0.4, 0.5) is 10.5 Å². The van der Waals surface area contributed by atoms with Gasteiger partial charge in [-0.15, -0.1) is 0 Å². The summed E-state index contributed by atoms with van der Waals surface area (Å²) < 4.78 is 10.5. The van der Waals surface area contributed by atoms with Crippen molar-refractivity contribution in [2.75, 3.05) is 12.4 Å². The van der Waals surface area contributed by atoms with E-state index in [-0.39, 0.29) is 12.8 Å². The highest BCUT2D eigenvalue weighted by Gasteiger charge is 2.56. The Hall–Kier alpha value is -2.90. The number of Topliss-reactive ketones (excluding diaryl/α,β-unsaturated/α-hetero) is 1. The Kier molecular flexibility index (Phi) is 5.88. The molecule has 1 aromatic rings. The summed E-state index contributed by atoms with van der Waals surface area (Å²) in [6.07, 6.45) is -0.486. The lowest BCUT2D eigenvalue weighted by Crippen LogP contribution is -2.53. The third-order valence-corrected chi connectivity index (χ3v) is 4.73. The van der Waals surface area contributed by atoms with Crippen molar-refractivity contribution in [3.63, 3.8) is 0 Å². The summed E-state index contributed by atoms with van der Waals surface area (Å²) in [4.78, 5) is 50.7. The molecule has 0 aromatic heterocycles. The molecule has 3 amide bonds. The first kappa shape index (κ1) is 20.4. The Morgan fingerprint density at radius 3 is 2.37 bits per heavy atom. The topological polar surface area (TPSA) is 102 Å². The second-order valence-corrected chi connectivity index (χ2v) is 6.45. The smallest absolute Gasteiger partial charge is 0.418 e. The molecule has 0 radical (unpaired) electrons. The van der Waals surface area contributed by atoms with E-state index < -0.39 is 35.3 Å². The van der Waals surface area contributed by atoms with Crippen molar-refractivity contribution in [1.29, 1.82) is 0 Å². The Labute approximate surface area is 157 Å². The van der Waals surface area contributed by atoms with E-state index in [1.165, 1.54) is 7.11 Å². The minimum absolute atomic E-state index is 0.252. The summed E-state index contributed by atoms with van der Waals surface area (Å²) in [7, 11) is 1.45. The van der Waals surface area contributed by atoms with E-state index in [9.17, 15) is 19.2 Å². The van der Waals surface area contributed by atoms with Gasteiger partial charge in [-0.1, -0.05) is 19.9 Å². The zero-order valence-electron chi connectivity index (χ0n) is 16.1. The molecule has 1 aromatic carbocycles. The molecule has 1 fully saturated rings. The first-order valence-corrected chi connectivity index (χ1v) is 8.73. The van der Waals surface area contributed by atoms with Crippen LogP contribution in [0.2, 0.25) is 0 Å². The van der Waals surface area contributed by atoms with E-state index in [1.54, 1.807) is 32.0 Å². The van der Waals surface area contributed by atoms with Gasteiger partial charge in [-0.3, -0.25) is 14.4 Å². The summed E-state index contributed by atoms with van der Waals surface area (Å²) in [6, 6.07) is 3.52. The van der Waals surface area contributed by atoms with Gasteiger partial charge in [-0.25, -0.2) is 9.69 Å². The highest BCUT2D eigenvalue weighted by Crippen LogP contribution is 2.33. The van der Waals surface area contributed by atoms with Crippen LogP contribution in [0.15, 0.2) is 18.2 Å². The fraction of sp³-hybridized carbons (Fsp3) is 0.474. The van der Waals surface area contributed by atoms with Crippen molar-refractivity contribution in [2.24, 2.45) is 0 Å². The van der Waals surface area contributed by atoms with Crippen LogP contribution in [0.25, 0.3) is 0 Å². The van der Waals surface area contributed by atoms with Crippen LogP contribution >= 0.6 is 0 Å². The molecule has 8 heteroatoms. The molecule has 146 valence electrons. The molecule has 8 nitrogen and oxygen atoms in total. The van der Waals surface area contributed by atoms with Crippen LogP contribution in [-0.4, -0.2) is 47.3 Å². The molecule has 1 aliphatic rings. The summed E-state index contributed by atoms with van der Waals surface area (Å²) >= 11 is 0. The molecule has 27 heavy (non-hydrogen) atoms. The average Bonchev–Trinajstić information content (AvgIpc) is 2.87. The number of carbonyl (C=O) groups is 4. The monoisotopic (exact) mass is 376 g/mol. The number of anilines is 1. The molecule has 1 heterocycles. The number of imide groups is 1. The number of rotatable bonds is 7. The second kappa shape index (κ2) is 7.77. The zero-order valence-corrected chi connectivity index (χ0v) is 16.1. The predicted octanol–water partition coefficient (Wildman–Crippen LogP) is 2.44. The van der Waals surface area contributed by atoms with E-state index in [1.807, 2.05) is 6.92 Å². The van der Waals surface area contributed by atoms with E-state index in [0.29, 0.717) is 16.3 Å². The maximum Gasteiger partial charge on any atom is 0.418 e. The number of carbonyl (C=O) groups excluding carboxylic acids is 4. The van der Waals surface area contributed by atoms with Crippen LogP contribution in [0.5, 0.6) is 5.75 Å². The molecule has 2 rings (SSSR count). The minimum atomic E-state index is -1.62. The minimum Gasteiger partial charge on any atom is -0.495 e. The maximum absolute atomic E-state index is 12.8. The Morgan fingerprint density at radius 2 is 1.89 bits per heavy atom. The number of aryl methyl sites for hydroxylation is 1. The number of ketones is 1.